The highest BCUT2D eigenvalue weighted by Crippen LogP contribution is 2.35. The predicted octanol–water partition coefficient (Wildman–Crippen LogP) is 3.82. The molecule has 0 aliphatic carbocycles. The SMILES string of the molecule is COc1ccc(OC)c(C(N)c2cccc(C)c2Br)c1. The molecule has 0 amide bonds. The lowest BCUT2D eigenvalue weighted by Crippen LogP contribution is -2.14. The van der Waals surface area contributed by atoms with Crippen LogP contribution >= 0.6 is 15.9 Å². The summed E-state index contributed by atoms with van der Waals surface area (Å²) in [4.78, 5) is 0. The van der Waals surface area contributed by atoms with Gasteiger partial charge in [0.1, 0.15) is 11.5 Å². The summed E-state index contributed by atoms with van der Waals surface area (Å²) in [5.41, 5.74) is 9.50. The molecule has 1 atom stereocenters. The van der Waals surface area contributed by atoms with Crippen molar-refractivity contribution in [3.05, 3.63) is 57.6 Å². The molecule has 0 bridgehead atoms. The molecule has 1 unspecified atom stereocenters. The number of nitrogens with two attached hydrogens (primary N) is 1. The summed E-state index contributed by atoms with van der Waals surface area (Å²) in [6, 6.07) is 11.4. The molecule has 2 aromatic carbocycles. The van der Waals surface area contributed by atoms with Crippen molar-refractivity contribution >= 4 is 15.9 Å². The number of halogens is 1. The van der Waals surface area contributed by atoms with Gasteiger partial charge < -0.3 is 15.2 Å². The third-order valence-electron chi connectivity index (χ3n) is 3.33. The topological polar surface area (TPSA) is 44.5 Å². The fraction of sp³-hybridized carbons (Fsp3) is 0.250. The first-order valence-corrected chi connectivity index (χ1v) is 7.10. The first kappa shape index (κ1) is 14.9. The molecule has 106 valence electrons. The Bertz CT molecular complexity index is 613. The minimum absolute atomic E-state index is 0.283. The number of aryl methyl sites for hydroxylation is 1. The van der Waals surface area contributed by atoms with Crippen molar-refractivity contribution in [1.29, 1.82) is 0 Å². The van der Waals surface area contributed by atoms with Gasteiger partial charge in [-0.05, 0) is 36.2 Å². The Balaban J connectivity index is 2.51. The minimum Gasteiger partial charge on any atom is -0.497 e. The second-order valence-corrected chi connectivity index (χ2v) is 5.36. The van der Waals surface area contributed by atoms with Crippen LogP contribution in [0, 0.1) is 6.92 Å². The average molecular weight is 336 g/mol. The smallest absolute Gasteiger partial charge is 0.124 e. The van der Waals surface area contributed by atoms with Gasteiger partial charge in [0.25, 0.3) is 0 Å². The zero-order valence-corrected chi connectivity index (χ0v) is 13.4. The van der Waals surface area contributed by atoms with Crippen LogP contribution in [0.2, 0.25) is 0 Å². The Kier molecular flexibility index (Phi) is 4.68. The number of rotatable bonds is 4. The van der Waals surface area contributed by atoms with Gasteiger partial charge in [-0.1, -0.05) is 34.1 Å². The van der Waals surface area contributed by atoms with Gasteiger partial charge in [-0.3, -0.25) is 0 Å². The van der Waals surface area contributed by atoms with Gasteiger partial charge in [0.05, 0.1) is 20.3 Å². The van der Waals surface area contributed by atoms with Crippen molar-refractivity contribution in [1.82, 2.24) is 0 Å². The zero-order chi connectivity index (χ0) is 14.7. The standard InChI is InChI=1S/C16H18BrNO2/c1-10-5-4-6-12(15(10)17)16(18)13-9-11(19-2)7-8-14(13)20-3/h4-9,16H,18H2,1-3H3. The van der Waals surface area contributed by atoms with Gasteiger partial charge in [0.15, 0.2) is 0 Å². The van der Waals surface area contributed by atoms with Crippen LogP contribution in [0.25, 0.3) is 0 Å². The summed E-state index contributed by atoms with van der Waals surface area (Å²) in [6.07, 6.45) is 0. The van der Waals surface area contributed by atoms with Crippen LogP contribution in [0.5, 0.6) is 11.5 Å². The molecule has 0 saturated heterocycles. The summed E-state index contributed by atoms with van der Waals surface area (Å²) in [6.45, 7) is 2.04. The van der Waals surface area contributed by atoms with E-state index in [1.54, 1.807) is 14.2 Å². The molecule has 3 nitrogen and oxygen atoms in total. The molecule has 0 aromatic heterocycles. The summed E-state index contributed by atoms with van der Waals surface area (Å²) in [5, 5.41) is 0. The van der Waals surface area contributed by atoms with Crippen LogP contribution in [0.3, 0.4) is 0 Å². The Labute approximate surface area is 127 Å². The van der Waals surface area contributed by atoms with Crippen molar-refractivity contribution in [3.8, 4) is 11.5 Å². The van der Waals surface area contributed by atoms with Gasteiger partial charge in [0, 0.05) is 10.0 Å². The number of methoxy groups -OCH3 is 2. The summed E-state index contributed by atoms with van der Waals surface area (Å²) in [7, 11) is 3.28. The molecular formula is C16H18BrNO2. The molecule has 2 N–H and O–H groups in total. The van der Waals surface area contributed by atoms with E-state index in [0.717, 1.165) is 32.7 Å². The van der Waals surface area contributed by atoms with Crippen LogP contribution in [0.1, 0.15) is 22.7 Å². The molecule has 0 spiro atoms. The van der Waals surface area contributed by atoms with Crippen LogP contribution in [0.4, 0.5) is 0 Å². The van der Waals surface area contributed by atoms with Gasteiger partial charge in [-0.25, -0.2) is 0 Å². The van der Waals surface area contributed by atoms with Crippen LogP contribution in [-0.2, 0) is 0 Å². The fourth-order valence-corrected chi connectivity index (χ4v) is 2.67. The molecular weight excluding hydrogens is 318 g/mol. The Morgan fingerprint density at radius 3 is 2.45 bits per heavy atom. The summed E-state index contributed by atoms with van der Waals surface area (Å²) in [5.74, 6) is 1.52. The van der Waals surface area contributed by atoms with E-state index in [1.807, 2.05) is 43.3 Å². The molecule has 0 aliphatic heterocycles. The highest BCUT2D eigenvalue weighted by Gasteiger charge is 2.18. The minimum atomic E-state index is -0.283. The first-order valence-electron chi connectivity index (χ1n) is 6.31. The highest BCUT2D eigenvalue weighted by atomic mass is 79.9. The predicted molar refractivity (Wildman–Crippen MR) is 84.5 cm³/mol. The molecule has 0 radical (unpaired) electrons. The van der Waals surface area contributed by atoms with Crippen LogP contribution in [-0.4, -0.2) is 14.2 Å². The Hall–Kier alpha value is -1.52. The van der Waals surface area contributed by atoms with Crippen molar-refractivity contribution in [3.63, 3.8) is 0 Å². The van der Waals surface area contributed by atoms with E-state index in [0.29, 0.717) is 0 Å². The maximum Gasteiger partial charge on any atom is 0.124 e. The average Bonchev–Trinajstić information content (AvgIpc) is 2.48. The van der Waals surface area contributed by atoms with E-state index < -0.39 is 0 Å². The Morgan fingerprint density at radius 1 is 1.05 bits per heavy atom. The maximum atomic E-state index is 6.42. The first-order chi connectivity index (χ1) is 9.58. The van der Waals surface area contributed by atoms with E-state index in [9.17, 15) is 0 Å². The monoisotopic (exact) mass is 335 g/mol. The lowest BCUT2D eigenvalue weighted by molar-refractivity contribution is 0.397. The van der Waals surface area contributed by atoms with Crippen molar-refractivity contribution in [2.24, 2.45) is 5.73 Å². The fourth-order valence-electron chi connectivity index (χ4n) is 2.16. The van der Waals surface area contributed by atoms with E-state index in [-0.39, 0.29) is 6.04 Å². The number of hydrogen-bond acceptors (Lipinski definition) is 3. The molecule has 0 fully saturated rings. The van der Waals surface area contributed by atoms with E-state index >= 15 is 0 Å². The molecule has 0 saturated carbocycles. The summed E-state index contributed by atoms with van der Waals surface area (Å²) >= 11 is 3.61. The number of ether oxygens (including phenoxy) is 2. The third kappa shape index (κ3) is 2.81. The highest BCUT2D eigenvalue weighted by molar-refractivity contribution is 9.10. The van der Waals surface area contributed by atoms with E-state index in [1.165, 1.54) is 0 Å². The molecule has 0 aliphatic rings. The molecule has 2 rings (SSSR count). The molecule has 20 heavy (non-hydrogen) atoms. The second kappa shape index (κ2) is 6.29. The van der Waals surface area contributed by atoms with Crippen LogP contribution in [0.15, 0.2) is 40.9 Å². The quantitative estimate of drug-likeness (QED) is 0.923. The van der Waals surface area contributed by atoms with E-state index in [2.05, 4.69) is 15.9 Å². The molecule has 4 heteroatoms. The lowest BCUT2D eigenvalue weighted by atomic mass is 9.97. The van der Waals surface area contributed by atoms with Gasteiger partial charge >= 0.3 is 0 Å². The van der Waals surface area contributed by atoms with Crippen molar-refractivity contribution in [2.45, 2.75) is 13.0 Å². The number of benzene rings is 2. The molecule has 2 aromatic rings. The normalized spacial score (nSPS) is 12.1. The summed E-state index contributed by atoms with van der Waals surface area (Å²) < 4.78 is 11.7. The van der Waals surface area contributed by atoms with E-state index in [4.69, 9.17) is 15.2 Å². The van der Waals surface area contributed by atoms with Crippen LogP contribution < -0.4 is 15.2 Å². The largest absolute Gasteiger partial charge is 0.497 e. The van der Waals surface area contributed by atoms with Crippen molar-refractivity contribution < 1.29 is 9.47 Å². The number of hydrogen-bond donors (Lipinski definition) is 1. The second-order valence-electron chi connectivity index (χ2n) is 4.56. The van der Waals surface area contributed by atoms with Gasteiger partial charge in [-0.15, -0.1) is 0 Å². The van der Waals surface area contributed by atoms with Crippen molar-refractivity contribution in [2.75, 3.05) is 14.2 Å². The third-order valence-corrected chi connectivity index (χ3v) is 4.41. The Morgan fingerprint density at radius 2 is 1.80 bits per heavy atom. The van der Waals surface area contributed by atoms with Gasteiger partial charge in [0.2, 0.25) is 0 Å². The lowest BCUT2D eigenvalue weighted by Gasteiger charge is -2.19. The molecule has 0 heterocycles. The zero-order valence-electron chi connectivity index (χ0n) is 11.8. The maximum absolute atomic E-state index is 6.42. The van der Waals surface area contributed by atoms with Gasteiger partial charge in [-0.2, -0.15) is 0 Å².